The molecule has 1 N–H and O–H groups in total. The van der Waals surface area contributed by atoms with Gasteiger partial charge < -0.3 is 9.47 Å². The maximum Gasteiger partial charge on any atom is 0.328 e. The first-order chi connectivity index (χ1) is 15.0. The summed E-state index contributed by atoms with van der Waals surface area (Å²) in [4.78, 5) is 4.78. The second-order valence-corrected chi connectivity index (χ2v) is 7.37. The van der Waals surface area contributed by atoms with Gasteiger partial charge in [-0.25, -0.2) is 4.39 Å². The summed E-state index contributed by atoms with van der Waals surface area (Å²) in [5.74, 6) is 1.35. The molecule has 4 rings (SSSR count). The van der Waals surface area contributed by atoms with Crippen molar-refractivity contribution in [3.63, 3.8) is 0 Å². The summed E-state index contributed by atoms with van der Waals surface area (Å²) in [7, 11) is 3.12. The van der Waals surface area contributed by atoms with Gasteiger partial charge in [-0.15, -0.1) is 9.78 Å². The Bertz CT molecular complexity index is 1300. The van der Waals surface area contributed by atoms with Crippen LogP contribution in [-0.2, 0) is 13.1 Å². The Balaban J connectivity index is 2.09. The zero-order valence-electron chi connectivity index (χ0n) is 17.4. The minimum absolute atomic E-state index is 0.239. The second-order valence-electron chi connectivity index (χ2n) is 6.99. The second kappa shape index (κ2) is 8.32. The number of nitrogens with zero attached hydrogens (tertiary/aromatic N) is 4. The summed E-state index contributed by atoms with van der Waals surface area (Å²) < 4.78 is 30.7. The van der Waals surface area contributed by atoms with Crippen LogP contribution < -0.4 is 14.0 Å². The SMILES string of the molecule is CCCn1[nH]c(=S)[n+]2c1CN=C(c1ccc(C#N)cc1F)c1c(OC)ccc(OC)c1-2. The van der Waals surface area contributed by atoms with Crippen molar-refractivity contribution in [3.05, 3.63) is 63.4 Å². The quantitative estimate of drug-likeness (QED) is 0.488. The monoisotopic (exact) mass is 438 g/mol. The number of halogens is 1. The number of rotatable bonds is 5. The number of ether oxygens (including phenoxy) is 2. The summed E-state index contributed by atoms with van der Waals surface area (Å²) >= 11 is 5.64. The zero-order chi connectivity index (χ0) is 22.1. The van der Waals surface area contributed by atoms with Crippen molar-refractivity contribution < 1.29 is 18.4 Å². The fourth-order valence-corrected chi connectivity index (χ4v) is 4.13. The Morgan fingerprint density at radius 2 is 2.00 bits per heavy atom. The Morgan fingerprint density at radius 3 is 2.65 bits per heavy atom. The van der Waals surface area contributed by atoms with Crippen LogP contribution in [0.25, 0.3) is 5.69 Å². The van der Waals surface area contributed by atoms with Crippen LogP contribution in [0.15, 0.2) is 35.3 Å². The molecule has 0 bridgehead atoms. The summed E-state index contributed by atoms with van der Waals surface area (Å²) in [5.41, 5.74) is 2.13. The minimum Gasteiger partial charge on any atom is -0.496 e. The normalized spacial score (nSPS) is 12.3. The Labute approximate surface area is 184 Å². The van der Waals surface area contributed by atoms with E-state index in [1.54, 1.807) is 38.5 Å². The van der Waals surface area contributed by atoms with E-state index >= 15 is 4.39 Å². The first-order valence-corrected chi connectivity index (χ1v) is 10.2. The number of nitriles is 1. The lowest BCUT2D eigenvalue weighted by molar-refractivity contribution is -0.612. The average molecular weight is 439 g/mol. The summed E-state index contributed by atoms with van der Waals surface area (Å²) in [6.45, 7) is 3.07. The molecule has 2 aromatic carbocycles. The highest BCUT2D eigenvalue weighted by atomic mass is 32.1. The van der Waals surface area contributed by atoms with Gasteiger partial charge in [-0.05, 0) is 49.0 Å². The largest absolute Gasteiger partial charge is 0.496 e. The number of nitrogens with one attached hydrogen (secondary N) is 1. The van der Waals surface area contributed by atoms with Crippen molar-refractivity contribution >= 4 is 17.9 Å². The molecule has 0 saturated carbocycles. The zero-order valence-corrected chi connectivity index (χ0v) is 18.2. The van der Waals surface area contributed by atoms with E-state index in [1.807, 2.05) is 15.3 Å². The molecule has 1 aliphatic rings. The van der Waals surface area contributed by atoms with Gasteiger partial charge in [0.1, 0.15) is 24.7 Å². The molecule has 0 fully saturated rings. The summed E-state index contributed by atoms with van der Waals surface area (Å²) in [6.07, 6.45) is 0.899. The minimum atomic E-state index is -0.535. The number of methoxy groups -OCH3 is 2. The molecule has 0 atom stereocenters. The van der Waals surface area contributed by atoms with Gasteiger partial charge in [-0.3, -0.25) is 4.99 Å². The molecule has 2 heterocycles. The molecule has 3 aromatic rings. The Hall–Kier alpha value is -3.51. The Kier molecular flexibility index (Phi) is 5.57. The number of fused-ring (bicyclic) bond motifs is 3. The number of aryl methyl sites for hydroxylation is 1. The molecule has 0 aliphatic carbocycles. The number of H-pyrrole nitrogens is 1. The van der Waals surface area contributed by atoms with Crippen LogP contribution in [0.2, 0.25) is 0 Å². The molecule has 0 unspecified atom stereocenters. The van der Waals surface area contributed by atoms with Crippen molar-refractivity contribution in [2.75, 3.05) is 14.2 Å². The summed E-state index contributed by atoms with van der Waals surface area (Å²) in [6, 6.07) is 9.85. The molecule has 9 heteroatoms. The van der Waals surface area contributed by atoms with Gasteiger partial charge in [0.2, 0.25) is 0 Å². The number of benzene rings is 2. The van der Waals surface area contributed by atoms with Crippen molar-refractivity contribution in [1.82, 2.24) is 9.78 Å². The van der Waals surface area contributed by atoms with Gasteiger partial charge in [0.15, 0.2) is 11.4 Å². The van der Waals surface area contributed by atoms with E-state index in [2.05, 4.69) is 12.0 Å². The number of hydrogen-bond donors (Lipinski definition) is 1. The van der Waals surface area contributed by atoms with Crippen LogP contribution in [0.4, 0.5) is 4.39 Å². The van der Waals surface area contributed by atoms with E-state index in [0.717, 1.165) is 18.8 Å². The van der Waals surface area contributed by atoms with Crippen LogP contribution in [0, 0.1) is 21.9 Å². The Morgan fingerprint density at radius 1 is 1.26 bits per heavy atom. The first kappa shape index (κ1) is 20.8. The molecule has 0 amide bonds. The molecule has 1 aliphatic heterocycles. The maximum absolute atomic E-state index is 15.1. The van der Waals surface area contributed by atoms with Gasteiger partial charge in [-0.2, -0.15) is 9.83 Å². The van der Waals surface area contributed by atoms with E-state index in [9.17, 15) is 0 Å². The third-order valence-electron chi connectivity index (χ3n) is 5.19. The fourth-order valence-electron chi connectivity index (χ4n) is 3.83. The van der Waals surface area contributed by atoms with E-state index < -0.39 is 5.82 Å². The number of aromatic amines is 1. The lowest BCUT2D eigenvalue weighted by atomic mass is 9.97. The molecule has 7 nitrogen and oxygen atoms in total. The third kappa shape index (κ3) is 3.39. The lowest BCUT2D eigenvalue weighted by Crippen LogP contribution is -2.37. The smallest absolute Gasteiger partial charge is 0.328 e. The number of aliphatic imine (C=N–C) groups is 1. The van der Waals surface area contributed by atoms with Gasteiger partial charge in [0.25, 0.3) is 5.82 Å². The molecular weight excluding hydrogens is 417 g/mol. The third-order valence-corrected chi connectivity index (χ3v) is 5.46. The molecule has 0 radical (unpaired) electrons. The van der Waals surface area contributed by atoms with E-state index in [0.29, 0.717) is 33.2 Å². The number of hydrogen-bond acceptors (Lipinski definition) is 5. The van der Waals surface area contributed by atoms with Crippen molar-refractivity contribution in [3.8, 4) is 23.3 Å². The lowest BCUT2D eigenvalue weighted by Gasteiger charge is -2.16. The molecule has 0 spiro atoms. The van der Waals surface area contributed by atoms with Gasteiger partial charge in [-0.1, -0.05) is 6.92 Å². The molecule has 158 valence electrons. The fraction of sp³-hybridized carbons (Fsp3) is 0.273. The molecular formula is C22H21FN5O2S+. The highest BCUT2D eigenvalue weighted by Gasteiger charge is 2.33. The van der Waals surface area contributed by atoms with Crippen LogP contribution in [-0.4, -0.2) is 29.7 Å². The first-order valence-electron chi connectivity index (χ1n) is 9.77. The predicted octanol–water partition coefficient (Wildman–Crippen LogP) is 3.61. The average Bonchev–Trinajstić information content (AvgIpc) is 2.97. The van der Waals surface area contributed by atoms with Crippen LogP contribution >= 0.6 is 12.2 Å². The standard InChI is InChI=1S/C22H20FN5O2S/c1-4-9-27-18-12-25-20(14-6-5-13(11-24)10-15(14)23)19-16(29-2)7-8-17(30-3)21(19)28(18)22(31)26-27/h5-8,10H,4,9,12H2,1-3H3/p+1. The number of aromatic nitrogens is 3. The van der Waals surface area contributed by atoms with E-state index in [4.69, 9.17) is 31.9 Å². The predicted molar refractivity (Wildman–Crippen MR) is 115 cm³/mol. The molecule has 0 saturated heterocycles. The van der Waals surface area contributed by atoms with E-state index in [-0.39, 0.29) is 17.7 Å². The van der Waals surface area contributed by atoms with Crippen LogP contribution in [0.3, 0.4) is 0 Å². The highest BCUT2D eigenvalue weighted by Crippen LogP contribution is 2.35. The summed E-state index contributed by atoms with van der Waals surface area (Å²) in [5, 5.41) is 12.3. The van der Waals surface area contributed by atoms with E-state index in [1.165, 1.54) is 6.07 Å². The van der Waals surface area contributed by atoms with Crippen molar-refractivity contribution in [2.24, 2.45) is 4.99 Å². The van der Waals surface area contributed by atoms with Gasteiger partial charge >= 0.3 is 4.77 Å². The van der Waals surface area contributed by atoms with Crippen molar-refractivity contribution in [2.45, 2.75) is 26.4 Å². The maximum atomic E-state index is 15.1. The van der Waals surface area contributed by atoms with Gasteiger partial charge in [0, 0.05) is 5.56 Å². The molecule has 31 heavy (non-hydrogen) atoms. The highest BCUT2D eigenvalue weighted by molar-refractivity contribution is 7.71. The van der Waals surface area contributed by atoms with Crippen LogP contribution in [0.5, 0.6) is 11.5 Å². The van der Waals surface area contributed by atoms with Crippen LogP contribution in [0.1, 0.15) is 35.9 Å². The molecule has 1 aromatic heterocycles. The topological polar surface area (TPSA) is 79.2 Å². The van der Waals surface area contributed by atoms with Gasteiger partial charge in [0.05, 0.1) is 37.1 Å². The van der Waals surface area contributed by atoms with Crippen molar-refractivity contribution in [1.29, 1.82) is 5.26 Å².